The van der Waals surface area contributed by atoms with Gasteiger partial charge in [0.25, 0.3) is 0 Å². The zero-order valence-corrected chi connectivity index (χ0v) is 13.1. The van der Waals surface area contributed by atoms with Crippen molar-refractivity contribution in [2.75, 3.05) is 0 Å². The van der Waals surface area contributed by atoms with E-state index in [0.29, 0.717) is 23.2 Å². The van der Waals surface area contributed by atoms with Crippen molar-refractivity contribution in [2.45, 2.75) is 6.42 Å². The standard InChI is InChI=1S/C21H12F2N2/c22-13-7-8-15(17(23)11-13)20-16-10-12-4-1-2-5-14(12)19(16)21-18(25-20)6-3-9-24-21/h1-9,11H,10H2. The highest BCUT2D eigenvalue weighted by Crippen LogP contribution is 2.44. The molecule has 0 amide bonds. The second-order valence-electron chi connectivity index (χ2n) is 6.14. The highest BCUT2D eigenvalue weighted by atomic mass is 19.1. The fourth-order valence-electron chi connectivity index (χ4n) is 3.60. The van der Waals surface area contributed by atoms with Crippen molar-refractivity contribution >= 4 is 11.0 Å². The van der Waals surface area contributed by atoms with Gasteiger partial charge >= 0.3 is 0 Å². The maximum atomic E-state index is 14.4. The second kappa shape index (κ2) is 5.18. The van der Waals surface area contributed by atoms with Gasteiger partial charge in [0.1, 0.15) is 11.6 Å². The van der Waals surface area contributed by atoms with Crippen LogP contribution in [-0.2, 0) is 6.42 Å². The van der Waals surface area contributed by atoms with Crippen LogP contribution in [0.2, 0.25) is 0 Å². The zero-order valence-electron chi connectivity index (χ0n) is 13.1. The van der Waals surface area contributed by atoms with Crippen molar-refractivity contribution in [1.29, 1.82) is 0 Å². The lowest BCUT2D eigenvalue weighted by Gasteiger charge is -2.12. The fourth-order valence-corrected chi connectivity index (χ4v) is 3.60. The summed E-state index contributed by atoms with van der Waals surface area (Å²) < 4.78 is 27.8. The number of aromatic nitrogens is 2. The largest absolute Gasteiger partial charge is 0.254 e. The Hall–Kier alpha value is -3.14. The Morgan fingerprint density at radius 1 is 0.880 bits per heavy atom. The molecule has 0 saturated heterocycles. The second-order valence-corrected chi connectivity index (χ2v) is 6.14. The lowest BCUT2D eigenvalue weighted by atomic mass is 9.99. The molecule has 120 valence electrons. The summed E-state index contributed by atoms with van der Waals surface area (Å²) in [5.41, 5.74) is 6.61. The lowest BCUT2D eigenvalue weighted by molar-refractivity contribution is 0.585. The average molecular weight is 330 g/mol. The number of hydrogen-bond acceptors (Lipinski definition) is 2. The molecule has 1 aliphatic carbocycles. The van der Waals surface area contributed by atoms with Crippen LogP contribution in [0.15, 0.2) is 60.8 Å². The number of hydrogen-bond donors (Lipinski definition) is 0. The summed E-state index contributed by atoms with van der Waals surface area (Å²) >= 11 is 0. The van der Waals surface area contributed by atoms with Gasteiger partial charge in [0.2, 0.25) is 0 Å². The summed E-state index contributed by atoms with van der Waals surface area (Å²) in [6.07, 6.45) is 2.40. The Balaban J connectivity index is 1.90. The van der Waals surface area contributed by atoms with Crippen molar-refractivity contribution in [2.24, 2.45) is 0 Å². The van der Waals surface area contributed by atoms with Gasteiger partial charge in [0.15, 0.2) is 0 Å². The minimum atomic E-state index is -0.603. The Kier molecular flexibility index (Phi) is 2.95. The third-order valence-electron chi connectivity index (χ3n) is 4.68. The molecule has 4 heteroatoms. The van der Waals surface area contributed by atoms with Gasteiger partial charge in [-0.25, -0.2) is 13.8 Å². The van der Waals surface area contributed by atoms with E-state index in [2.05, 4.69) is 22.1 Å². The molecular weight excluding hydrogens is 318 g/mol. The molecular formula is C21H12F2N2. The van der Waals surface area contributed by atoms with E-state index in [0.717, 1.165) is 28.3 Å². The van der Waals surface area contributed by atoms with Gasteiger partial charge in [-0.1, -0.05) is 24.3 Å². The topological polar surface area (TPSA) is 25.8 Å². The van der Waals surface area contributed by atoms with E-state index in [4.69, 9.17) is 0 Å². The Morgan fingerprint density at radius 2 is 1.76 bits per heavy atom. The molecule has 0 spiro atoms. The first kappa shape index (κ1) is 14.2. The maximum Gasteiger partial charge on any atom is 0.135 e. The van der Waals surface area contributed by atoms with Crippen molar-refractivity contribution < 1.29 is 8.78 Å². The summed E-state index contributed by atoms with van der Waals surface area (Å²) in [7, 11) is 0. The maximum absolute atomic E-state index is 14.4. The van der Waals surface area contributed by atoms with Gasteiger partial charge in [0.05, 0.1) is 16.7 Å². The number of nitrogens with zero attached hydrogens (tertiary/aromatic N) is 2. The van der Waals surface area contributed by atoms with Crippen molar-refractivity contribution in [3.63, 3.8) is 0 Å². The van der Waals surface area contributed by atoms with Crippen molar-refractivity contribution in [3.8, 4) is 22.4 Å². The molecule has 4 aromatic rings. The van der Waals surface area contributed by atoms with Gasteiger partial charge in [-0.15, -0.1) is 0 Å². The van der Waals surface area contributed by atoms with E-state index in [-0.39, 0.29) is 0 Å². The Bertz CT molecular complexity index is 1150. The van der Waals surface area contributed by atoms with Gasteiger partial charge in [-0.3, -0.25) is 4.98 Å². The normalized spacial score (nSPS) is 12.2. The van der Waals surface area contributed by atoms with Gasteiger partial charge in [-0.05, 0) is 41.0 Å². The van der Waals surface area contributed by atoms with E-state index < -0.39 is 11.6 Å². The minimum absolute atomic E-state index is 0.316. The van der Waals surface area contributed by atoms with Gasteiger partial charge in [0, 0.05) is 29.8 Å². The molecule has 1 aliphatic rings. The zero-order chi connectivity index (χ0) is 17.0. The Morgan fingerprint density at radius 3 is 2.64 bits per heavy atom. The van der Waals surface area contributed by atoms with E-state index in [1.165, 1.54) is 17.7 Å². The summed E-state index contributed by atoms with van der Waals surface area (Å²) in [4.78, 5) is 9.17. The summed E-state index contributed by atoms with van der Waals surface area (Å²) in [5, 5.41) is 0. The highest BCUT2D eigenvalue weighted by molar-refractivity contribution is 5.99. The number of benzene rings is 2. The summed E-state index contributed by atoms with van der Waals surface area (Å²) in [6.45, 7) is 0. The van der Waals surface area contributed by atoms with Crippen LogP contribution in [0, 0.1) is 11.6 Å². The van der Waals surface area contributed by atoms with Crippen LogP contribution in [0.4, 0.5) is 8.78 Å². The monoisotopic (exact) mass is 330 g/mol. The van der Waals surface area contributed by atoms with Gasteiger partial charge < -0.3 is 0 Å². The average Bonchev–Trinajstić information content (AvgIpc) is 3.01. The molecule has 2 aromatic heterocycles. The summed E-state index contributed by atoms with van der Waals surface area (Å²) in [5.74, 6) is -1.20. The highest BCUT2D eigenvalue weighted by Gasteiger charge is 2.27. The van der Waals surface area contributed by atoms with Crippen molar-refractivity contribution in [1.82, 2.24) is 9.97 Å². The molecule has 0 N–H and O–H groups in total. The molecule has 0 bridgehead atoms. The molecule has 0 atom stereocenters. The quantitative estimate of drug-likeness (QED) is 0.425. The third-order valence-corrected chi connectivity index (χ3v) is 4.68. The molecule has 0 aliphatic heterocycles. The first-order chi connectivity index (χ1) is 12.2. The van der Waals surface area contributed by atoms with Crippen molar-refractivity contribution in [3.05, 3.63) is 83.6 Å². The molecule has 2 nitrogen and oxygen atoms in total. The molecule has 2 heterocycles. The van der Waals surface area contributed by atoms with Crippen LogP contribution >= 0.6 is 0 Å². The minimum Gasteiger partial charge on any atom is -0.254 e. The van der Waals surface area contributed by atoms with E-state index in [1.807, 2.05) is 24.3 Å². The first-order valence-electron chi connectivity index (χ1n) is 8.03. The van der Waals surface area contributed by atoms with Crippen LogP contribution in [-0.4, -0.2) is 9.97 Å². The number of rotatable bonds is 1. The predicted molar refractivity (Wildman–Crippen MR) is 93.1 cm³/mol. The third kappa shape index (κ3) is 2.07. The number of halogens is 2. The molecule has 2 aromatic carbocycles. The molecule has 0 unspecified atom stereocenters. The SMILES string of the molecule is Fc1ccc(-c2nc3cccnc3c3c2Cc2ccccc2-3)c(F)c1. The Labute approximate surface area is 142 Å². The van der Waals surface area contributed by atoms with Crippen LogP contribution in [0.5, 0.6) is 0 Å². The molecule has 0 radical (unpaired) electrons. The lowest BCUT2D eigenvalue weighted by Crippen LogP contribution is -1.98. The smallest absolute Gasteiger partial charge is 0.135 e. The predicted octanol–water partition coefficient (Wildman–Crippen LogP) is 5.15. The van der Waals surface area contributed by atoms with E-state index in [9.17, 15) is 8.78 Å². The van der Waals surface area contributed by atoms with Gasteiger partial charge in [-0.2, -0.15) is 0 Å². The summed E-state index contributed by atoms with van der Waals surface area (Å²) in [6, 6.07) is 15.4. The van der Waals surface area contributed by atoms with Crippen LogP contribution in [0.25, 0.3) is 33.4 Å². The number of pyridine rings is 2. The molecule has 0 fully saturated rings. The van der Waals surface area contributed by atoms with E-state index in [1.54, 1.807) is 6.20 Å². The first-order valence-corrected chi connectivity index (χ1v) is 8.03. The molecule has 0 saturated carbocycles. The van der Waals surface area contributed by atoms with Crippen LogP contribution in [0.1, 0.15) is 11.1 Å². The van der Waals surface area contributed by atoms with Crippen LogP contribution in [0.3, 0.4) is 0 Å². The molecule has 5 rings (SSSR count). The van der Waals surface area contributed by atoms with Crippen LogP contribution < -0.4 is 0 Å². The number of fused-ring (bicyclic) bond motifs is 5. The van der Waals surface area contributed by atoms with E-state index >= 15 is 0 Å². The molecule has 25 heavy (non-hydrogen) atoms. The fraction of sp³-hybridized carbons (Fsp3) is 0.0476.